The SMILES string of the molecule is O=C(C=Cc1ccco1)N1CCC(c2nnc(C(F)(F)F)o2)CC1. The minimum Gasteiger partial charge on any atom is -0.465 e. The van der Waals surface area contributed by atoms with Gasteiger partial charge in [0.2, 0.25) is 11.8 Å². The van der Waals surface area contributed by atoms with Crippen molar-refractivity contribution in [1.29, 1.82) is 0 Å². The van der Waals surface area contributed by atoms with Gasteiger partial charge in [-0.25, -0.2) is 0 Å². The van der Waals surface area contributed by atoms with E-state index in [0.29, 0.717) is 31.7 Å². The Morgan fingerprint density at radius 3 is 2.62 bits per heavy atom. The van der Waals surface area contributed by atoms with E-state index >= 15 is 0 Å². The first-order valence-electron chi connectivity index (χ1n) is 7.34. The lowest BCUT2D eigenvalue weighted by molar-refractivity contribution is -0.157. The fourth-order valence-electron chi connectivity index (χ4n) is 2.51. The largest absolute Gasteiger partial charge is 0.470 e. The first kappa shape index (κ1) is 16.3. The zero-order chi connectivity index (χ0) is 17.2. The maximum Gasteiger partial charge on any atom is 0.470 e. The van der Waals surface area contributed by atoms with Gasteiger partial charge in [0.25, 0.3) is 0 Å². The first-order chi connectivity index (χ1) is 11.4. The molecule has 1 saturated heterocycles. The van der Waals surface area contributed by atoms with Gasteiger partial charge >= 0.3 is 12.1 Å². The number of piperidine rings is 1. The zero-order valence-electron chi connectivity index (χ0n) is 12.5. The lowest BCUT2D eigenvalue weighted by atomic mass is 9.97. The van der Waals surface area contributed by atoms with Crippen molar-refractivity contribution in [1.82, 2.24) is 15.1 Å². The molecule has 1 fully saturated rings. The normalized spacial score (nSPS) is 16.9. The lowest BCUT2D eigenvalue weighted by Gasteiger charge is -2.29. The Balaban J connectivity index is 1.55. The van der Waals surface area contributed by atoms with E-state index in [4.69, 9.17) is 8.83 Å². The van der Waals surface area contributed by atoms with Crippen molar-refractivity contribution in [3.05, 3.63) is 42.0 Å². The van der Waals surface area contributed by atoms with Crippen LogP contribution in [0.4, 0.5) is 13.2 Å². The van der Waals surface area contributed by atoms with Crippen LogP contribution in [-0.4, -0.2) is 34.1 Å². The van der Waals surface area contributed by atoms with Crippen molar-refractivity contribution in [3.8, 4) is 0 Å². The number of aromatic nitrogens is 2. The second-order valence-corrected chi connectivity index (χ2v) is 5.39. The van der Waals surface area contributed by atoms with Gasteiger partial charge in [0.1, 0.15) is 5.76 Å². The fourth-order valence-corrected chi connectivity index (χ4v) is 2.51. The Kier molecular flexibility index (Phi) is 4.41. The number of carbonyl (C=O) groups is 1. The molecule has 1 aliphatic heterocycles. The summed E-state index contributed by atoms with van der Waals surface area (Å²) in [5.41, 5.74) is 0. The molecule has 0 aliphatic carbocycles. The van der Waals surface area contributed by atoms with E-state index < -0.39 is 12.1 Å². The summed E-state index contributed by atoms with van der Waals surface area (Å²) in [5, 5.41) is 6.51. The number of furan rings is 1. The van der Waals surface area contributed by atoms with Gasteiger partial charge in [-0.2, -0.15) is 13.2 Å². The highest BCUT2D eigenvalue weighted by Gasteiger charge is 2.39. The van der Waals surface area contributed by atoms with E-state index in [1.807, 2.05) is 0 Å². The Hall–Kier alpha value is -2.58. The summed E-state index contributed by atoms with van der Waals surface area (Å²) in [4.78, 5) is 13.7. The van der Waals surface area contributed by atoms with Gasteiger partial charge < -0.3 is 13.7 Å². The first-order valence-corrected chi connectivity index (χ1v) is 7.34. The molecule has 0 unspecified atom stereocenters. The lowest BCUT2D eigenvalue weighted by Crippen LogP contribution is -2.36. The summed E-state index contributed by atoms with van der Waals surface area (Å²) in [5.74, 6) is -1.24. The third-order valence-electron chi connectivity index (χ3n) is 3.77. The van der Waals surface area contributed by atoms with Gasteiger partial charge in [-0.15, -0.1) is 10.2 Å². The van der Waals surface area contributed by atoms with E-state index in [1.54, 1.807) is 23.1 Å². The predicted molar refractivity (Wildman–Crippen MR) is 75.6 cm³/mol. The third-order valence-corrected chi connectivity index (χ3v) is 3.77. The second kappa shape index (κ2) is 6.50. The van der Waals surface area contributed by atoms with Crippen LogP contribution in [0, 0.1) is 0 Å². The summed E-state index contributed by atoms with van der Waals surface area (Å²) in [7, 11) is 0. The van der Waals surface area contributed by atoms with E-state index in [-0.39, 0.29) is 17.7 Å². The van der Waals surface area contributed by atoms with Crippen LogP contribution in [0.25, 0.3) is 6.08 Å². The van der Waals surface area contributed by atoms with Crippen molar-refractivity contribution in [2.75, 3.05) is 13.1 Å². The monoisotopic (exact) mass is 341 g/mol. The van der Waals surface area contributed by atoms with Gasteiger partial charge in [0, 0.05) is 25.1 Å². The molecular formula is C15H14F3N3O3. The fraction of sp³-hybridized carbons (Fsp3) is 0.400. The number of alkyl halides is 3. The van der Waals surface area contributed by atoms with E-state index in [0.717, 1.165) is 0 Å². The number of carbonyl (C=O) groups excluding carboxylic acids is 1. The van der Waals surface area contributed by atoms with E-state index in [2.05, 4.69) is 10.2 Å². The van der Waals surface area contributed by atoms with Crippen LogP contribution >= 0.6 is 0 Å². The molecule has 3 heterocycles. The molecule has 9 heteroatoms. The summed E-state index contributed by atoms with van der Waals surface area (Å²) < 4.78 is 47.2. The molecule has 0 atom stereocenters. The van der Waals surface area contributed by atoms with Crippen LogP contribution in [0.5, 0.6) is 0 Å². The maximum absolute atomic E-state index is 12.5. The van der Waals surface area contributed by atoms with Crippen molar-refractivity contribution in [3.63, 3.8) is 0 Å². The average Bonchev–Trinajstić information content (AvgIpc) is 3.23. The molecule has 0 bridgehead atoms. The quantitative estimate of drug-likeness (QED) is 0.802. The Bertz CT molecular complexity index is 714. The van der Waals surface area contributed by atoms with Crippen LogP contribution in [0.1, 0.15) is 36.3 Å². The summed E-state index contributed by atoms with van der Waals surface area (Å²) in [6.07, 6.45) is 0.795. The van der Waals surface area contributed by atoms with Gasteiger partial charge in [0.05, 0.1) is 6.26 Å². The van der Waals surface area contributed by atoms with E-state index in [9.17, 15) is 18.0 Å². The Morgan fingerprint density at radius 1 is 1.29 bits per heavy atom. The number of hydrogen-bond donors (Lipinski definition) is 0. The molecule has 0 saturated carbocycles. The highest BCUT2D eigenvalue weighted by molar-refractivity contribution is 5.91. The highest BCUT2D eigenvalue weighted by atomic mass is 19.4. The third kappa shape index (κ3) is 3.66. The topological polar surface area (TPSA) is 72.4 Å². The molecule has 0 aromatic carbocycles. The molecule has 6 nitrogen and oxygen atoms in total. The second-order valence-electron chi connectivity index (χ2n) is 5.39. The number of halogens is 3. The zero-order valence-corrected chi connectivity index (χ0v) is 12.5. The molecule has 1 amide bonds. The molecule has 2 aromatic heterocycles. The molecule has 0 N–H and O–H groups in total. The van der Waals surface area contributed by atoms with Gasteiger partial charge in [-0.3, -0.25) is 4.79 Å². The Labute approximate surface area is 134 Å². The van der Waals surface area contributed by atoms with Crippen molar-refractivity contribution in [2.45, 2.75) is 24.9 Å². The number of nitrogens with zero attached hydrogens (tertiary/aromatic N) is 3. The molecule has 3 rings (SSSR count). The minimum atomic E-state index is -4.64. The molecule has 1 aliphatic rings. The summed E-state index contributed by atoms with van der Waals surface area (Å²) in [6.45, 7) is 0.825. The van der Waals surface area contributed by atoms with Gasteiger partial charge in [-0.1, -0.05) is 0 Å². The summed E-state index contributed by atoms with van der Waals surface area (Å²) in [6, 6.07) is 3.44. The molecule has 128 valence electrons. The van der Waals surface area contributed by atoms with Gasteiger partial charge in [0.15, 0.2) is 0 Å². The van der Waals surface area contributed by atoms with Crippen LogP contribution in [-0.2, 0) is 11.0 Å². The summed E-state index contributed by atoms with van der Waals surface area (Å²) >= 11 is 0. The van der Waals surface area contributed by atoms with Crippen molar-refractivity contribution >= 4 is 12.0 Å². The Morgan fingerprint density at radius 2 is 2.04 bits per heavy atom. The minimum absolute atomic E-state index is 0.0273. The maximum atomic E-state index is 12.5. The molecular weight excluding hydrogens is 327 g/mol. The molecule has 2 aromatic rings. The molecule has 0 radical (unpaired) electrons. The average molecular weight is 341 g/mol. The van der Waals surface area contributed by atoms with E-state index in [1.165, 1.54) is 12.3 Å². The van der Waals surface area contributed by atoms with Crippen LogP contribution in [0.3, 0.4) is 0 Å². The van der Waals surface area contributed by atoms with Crippen molar-refractivity contribution < 1.29 is 26.8 Å². The number of likely N-dealkylation sites (tertiary alicyclic amines) is 1. The van der Waals surface area contributed by atoms with Gasteiger partial charge in [-0.05, 0) is 31.1 Å². The number of amides is 1. The highest BCUT2D eigenvalue weighted by Crippen LogP contribution is 2.32. The standard InChI is InChI=1S/C15H14F3N3O3/c16-15(17,18)14-20-19-13(24-14)10-5-7-21(8-6-10)12(22)4-3-11-2-1-9-23-11/h1-4,9-10H,5-8H2. The predicted octanol–water partition coefficient (Wildman–Crippen LogP) is 3.10. The number of hydrogen-bond acceptors (Lipinski definition) is 5. The number of rotatable bonds is 3. The van der Waals surface area contributed by atoms with Crippen molar-refractivity contribution in [2.24, 2.45) is 0 Å². The van der Waals surface area contributed by atoms with Crippen LogP contribution in [0.2, 0.25) is 0 Å². The smallest absolute Gasteiger partial charge is 0.465 e. The van der Waals surface area contributed by atoms with Crippen LogP contribution in [0.15, 0.2) is 33.3 Å². The molecule has 0 spiro atoms. The molecule has 24 heavy (non-hydrogen) atoms. The van der Waals surface area contributed by atoms with Crippen LogP contribution < -0.4 is 0 Å².